The van der Waals surface area contributed by atoms with Crippen molar-refractivity contribution in [1.82, 2.24) is 4.90 Å². The van der Waals surface area contributed by atoms with E-state index in [0.29, 0.717) is 17.4 Å². The van der Waals surface area contributed by atoms with Crippen molar-refractivity contribution < 1.29 is 38.0 Å². The number of carbonyl (C=O) groups is 2. The van der Waals surface area contributed by atoms with Gasteiger partial charge < -0.3 is 29.0 Å². The minimum absolute atomic E-state index is 0.150. The van der Waals surface area contributed by atoms with Crippen LogP contribution in [-0.2, 0) is 27.3 Å². The van der Waals surface area contributed by atoms with Crippen molar-refractivity contribution in [2.45, 2.75) is 26.1 Å². The minimum atomic E-state index is -1.02. The fourth-order valence-corrected chi connectivity index (χ4v) is 4.03. The van der Waals surface area contributed by atoms with Crippen LogP contribution in [0.3, 0.4) is 0 Å². The van der Waals surface area contributed by atoms with Crippen LogP contribution in [0.15, 0.2) is 66.7 Å². The second-order valence-electron chi connectivity index (χ2n) is 8.59. The summed E-state index contributed by atoms with van der Waals surface area (Å²) in [6, 6.07) is 17.5. The molecule has 0 fully saturated rings. The lowest BCUT2D eigenvalue weighted by atomic mass is 10.1. The highest BCUT2D eigenvalue weighted by Crippen LogP contribution is 2.28. The molecule has 0 saturated heterocycles. The summed E-state index contributed by atoms with van der Waals surface area (Å²) in [5.41, 5.74) is 1.59. The van der Waals surface area contributed by atoms with Gasteiger partial charge >= 0.3 is 12.1 Å². The van der Waals surface area contributed by atoms with E-state index in [4.69, 9.17) is 42.1 Å². The Kier molecular flexibility index (Phi) is 12.5. The van der Waals surface area contributed by atoms with Crippen molar-refractivity contribution in [3.05, 3.63) is 93.7 Å². The Labute approximate surface area is 242 Å². The lowest BCUT2D eigenvalue weighted by Crippen LogP contribution is -2.39. The Morgan fingerprint density at radius 3 is 2.27 bits per heavy atom. The zero-order valence-electron chi connectivity index (χ0n) is 21.9. The molecule has 0 aliphatic heterocycles. The molecule has 0 bridgehead atoms. The Morgan fingerprint density at radius 1 is 0.950 bits per heavy atom. The normalized spacial score (nSPS) is 11.6. The third-order valence-corrected chi connectivity index (χ3v) is 6.19. The maximum Gasteiger partial charge on any atom is 0.415 e. The summed E-state index contributed by atoms with van der Waals surface area (Å²) in [7, 11) is 0. The highest BCUT2D eigenvalue weighted by molar-refractivity contribution is 6.35. The molecule has 3 rings (SSSR count). The summed E-state index contributed by atoms with van der Waals surface area (Å²) in [4.78, 5) is 25.7. The lowest BCUT2D eigenvalue weighted by Gasteiger charge is -2.22. The molecule has 1 N–H and O–H groups in total. The van der Waals surface area contributed by atoms with Gasteiger partial charge in [0.15, 0.2) is 11.9 Å². The first kappa shape index (κ1) is 31.2. The average molecular weight is 594 g/mol. The first-order chi connectivity index (χ1) is 19.2. The summed E-state index contributed by atoms with van der Waals surface area (Å²) in [6.45, 7) is 3.02. The van der Waals surface area contributed by atoms with Gasteiger partial charge in [-0.3, -0.25) is 0 Å². The number of hydrogen-bond acceptors (Lipinski definition) is 6. The van der Waals surface area contributed by atoms with Crippen LogP contribution < -0.4 is 9.47 Å². The molecule has 8 nitrogen and oxygen atoms in total. The van der Waals surface area contributed by atoms with Crippen LogP contribution in [0.4, 0.5) is 9.18 Å². The third kappa shape index (κ3) is 10.3. The molecule has 11 heteroatoms. The highest BCUT2D eigenvalue weighted by Gasteiger charge is 2.19. The molecule has 0 spiro atoms. The Bertz CT molecular complexity index is 1240. The van der Waals surface area contributed by atoms with Crippen LogP contribution >= 0.6 is 23.2 Å². The number of aliphatic carboxylic acids is 1. The summed E-state index contributed by atoms with van der Waals surface area (Å²) >= 11 is 12.1. The number of nitrogens with zero attached hydrogens (tertiary/aromatic N) is 1. The van der Waals surface area contributed by atoms with E-state index < -0.39 is 18.2 Å². The molecular formula is C29H30Cl2FNO7. The molecule has 3 aromatic rings. The van der Waals surface area contributed by atoms with Gasteiger partial charge in [0.05, 0.1) is 24.8 Å². The molecule has 0 saturated carbocycles. The Morgan fingerprint density at radius 2 is 1.62 bits per heavy atom. The number of halogens is 3. The summed E-state index contributed by atoms with van der Waals surface area (Å²) < 4.78 is 35.3. The lowest BCUT2D eigenvalue weighted by molar-refractivity contribution is -0.149. The van der Waals surface area contributed by atoms with Gasteiger partial charge in [-0.2, -0.15) is 0 Å². The fraction of sp³-hybridized carbons (Fsp3) is 0.310. The van der Waals surface area contributed by atoms with Crippen LogP contribution in [0.2, 0.25) is 10.0 Å². The van der Waals surface area contributed by atoms with Gasteiger partial charge in [-0.15, -0.1) is 0 Å². The highest BCUT2D eigenvalue weighted by atomic mass is 35.5. The number of ether oxygens (including phenoxy) is 4. The van der Waals surface area contributed by atoms with Gasteiger partial charge in [0.2, 0.25) is 0 Å². The molecule has 0 heterocycles. The summed E-state index contributed by atoms with van der Waals surface area (Å²) in [5.74, 6) is -0.635. The van der Waals surface area contributed by atoms with Crippen LogP contribution in [0.5, 0.6) is 11.5 Å². The molecule has 1 unspecified atom stereocenters. The molecule has 1 amide bonds. The van der Waals surface area contributed by atoms with Gasteiger partial charge in [-0.05, 0) is 60.5 Å². The van der Waals surface area contributed by atoms with Crippen molar-refractivity contribution >= 4 is 35.3 Å². The average Bonchev–Trinajstić information content (AvgIpc) is 2.93. The van der Waals surface area contributed by atoms with E-state index >= 15 is 0 Å². The van der Waals surface area contributed by atoms with E-state index in [2.05, 4.69) is 0 Å². The van der Waals surface area contributed by atoms with E-state index in [1.54, 1.807) is 49.4 Å². The van der Waals surface area contributed by atoms with Crippen molar-refractivity contribution in [3.8, 4) is 11.5 Å². The first-order valence-corrected chi connectivity index (χ1v) is 13.3. The zero-order chi connectivity index (χ0) is 28.9. The number of carboxylic acids is 1. The van der Waals surface area contributed by atoms with Crippen molar-refractivity contribution in [2.24, 2.45) is 0 Å². The Balaban J connectivity index is 1.56. The van der Waals surface area contributed by atoms with Crippen molar-refractivity contribution in [3.63, 3.8) is 0 Å². The number of rotatable bonds is 15. The minimum Gasteiger partial charge on any atom is -0.492 e. The van der Waals surface area contributed by atoms with Crippen molar-refractivity contribution in [2.75, 3.05) is 32.9 Å². The second kappa shape index (κ2) is 16.0. The molecule has 40 heavy (non-hydrogen) atoms. The maximum absolute atomic E-state index is 13.1. The van der Waals surface area contributed by atoms with E-state index in [1.807, 2.05) is 0 Å². The predicted octanol–water partition coefficient (Wildman–Crippen LogP) is 6.26. The number of carboxylic acid groups (broad SMARTS) is 1. The molecule has 1 atom stereocenters. The van der Waals surface area contributed by atoms with Crippen LogP contribution in [-0.4, -0.2) is 61.1 Å². The number of carbonyl (C=O) groups excluding carboxylic acids is 1. The predicted molar refractivity (Wildman–Crippen MR) is 149 cm³/mol. The molecule has 0 aromatic heterocycles. The number of hydrogen-bond donors (Lipinski definition) is 1. The zero-order valence-corrected chi connectivity index (χ0v) is 23.4. The van der Waals surface area contributed by atoms with E-state index in [0.717, 1.165) is 11.1 Å². The van der Waals surface area contributed by atoms with Gasteiger partial charge in [0.1, 0.15) is 18.2 Å². The van der Waals surface area contributed by atoms with E-state index in [1.165, 1.54) is 29.2 Å². The van der Waals surface area contributed by atoms with Gasteiger partial charge in [0.25, 0.3) is 0 Å². The quantitative estimate of drug-likeness (QED) is 0.208. The molecule has 0 aliphatic rings. The van der Waals surface area contributed by atoms with Crippen LogP contribution in [0, 0.1) is 5.82 Å². The van der Waals surface area contributed by atoms with Gasteiger partial charge in [-0.25, -0.2) is 14.0 Å². The second-order valence-corrected chi connectivity index (χ2v) is 9.43. The third-order valence-electron chi connectivity index (χ3n) is 5.65. The number of amides is 1. The largest absolute Gasteiger partial charge is 0.492 e. The molecule has 214 valence electrons. The van der Waals surface area contributed by atoms with E-state index in [-0.39, 0.29) is 55.9 Å². The molecule has 0 radical (unpaired) electrons. The van der Waals surface area contributed by atoms with Gasteiger partial charge in [0, 0.05) is 24.6 Å². The molecule has 3 aromatic carbocycles. The monoisotopic (exact) mass is 593 g/mol. The first-order valence-electron chi connectivity index (χ1n) is 12.5. The summed E-state index contributed by atoms with van der Waals surface area (Å²) in [6.07, 6.45) is -1.34. The fourth-order valence-electron chi connectivity index (χ4n) is 3.58. The van der Waals surface area contributed by atoms with Crippen LogP contribution in [0.25, 0.3) is 0 Å². The Hall–Kier alpha value is -3.37. The molecular weight excluding hydrogens is 564 g/mol. The van der Waals surface area contributed by atoms with Gasteiger partial charge in [-0.1, -0.05) is 47.5 Å². The maximum atomic E-state index is 13.1. The summed E-state index contributed by atoms with van der Waals surface area (Å²) in [5, 5.41) is 9.87. The molecule has 0 aliphatic carbocycles. The van der Waals surface area contributed by atoms with Crippen LogP contribution in [0.1, 0.15) is 18.1 Å². The number of benzene rings is 3. The van der Waals surface area contributed by atoms with Crippen molar-refractivity contribution in [1.29, 1.82) is 0 Å². The smallest absolute Gasteiger partial charge is 0.415 e. The standard InChI is InChI=1S/C29H30Cl2FNO7/c1-2-38-27(28(34)35)17-20-5-10-24(11-6-20)39-16-14-33(13-15-37-19-21-3-8-23(32)9-4-21)29(36)40-26-12-7-22(30)18-25(26)31/h3-12,18,27H,2,13-17,19H2,1H3,(H,34,35). The van der Waals surface area contributed by atoms with E-state index in [9.17, 15) is 19.1 Å². The topological polar surface area (TPSA) is 94.5 Å². The SMILES string of the molecule is CCOC(Cc1ccc(OCCN(CCOCc2ccc(F)cc2)C(=O)Oc2ccc(Cl)cc2Cl)cc1)C(=O)O.